The van der Waals surface area contributed by atoms with Gasteiger partial charge in [0.1, 0.15) is 11.8 Å². The van der Waals surface area contributed by atoms with E-state index in [1.54, 1.807) is 25.3 Å². The number of ether oxygens (including phenoxy) is 1. The Labute approximate surface area is 117 Å². The molecule has 1 aromatic rings. The minimum absolute atomic E-state index is 0.291. The maximum atomic E-state index is 12.3. The molecule has 0 spiro atoms. The van der Waals surface area contributed by atoms with Crippen molar-refractivity contribution in [2.24, 2.45) is 0 Å². The van der Waals surface area contributed by atoms with Crippen molar-refractivity contribution in [3.63, 3.8) is 0 Å². The quantitative estimate of drug-likeness (QED) is 0.898. The van der Waals surface area contributed by atoms with Crippen LogP contribution in [0.2, 0.25) is 0 Å². The SMILES string of the molecule is CC(Oc1cccnc1)C(=O)N1CCCCC1C(=O)O. The lowest BCUT2D eigenvalue weighted by Crippen LogP contribution is -2.52. The molecule has 1 amide bonds. The van der Waals surface area contributed by atoms with Crippen LogP contribution in [-0.2, 0) is 9.59 Å². The highest BCUT2D eigenvalue weighted by Gasteiger charge is 2.34. The van der Waals surface area contributed by atoms with Crippen LogP contribution in [-0.4, -0.2) is 45.6 Å². The van der Waals surface area contributed by atoms with E-state index >= 15 is 0 Å². The topological polar surface area (TPSA) is 79.7 Å². The summed E-state index contributed by atoms with van der Waals surface area (Å²) in [5.41, 5.74) is 0. The summed E-state index contributed by atoms with van der Waals surface area (Å²) in [6, 6.07) is 2.69. The lowest BCUT2D eigenvalue weighted by molar-refractivity contribution is -0.155. The number of carboxylic acids is 1. The van der Waals surface area contributed by atoms with Gasteiger partial charge in [0.15, 0.2) is 6.10 Å². The van der Waals surface area contributed by atoms with E-state index in [0.29, 0.717) is 18.7 Å². The molecule has 6 nitrogen and oxygen atoms in total. The molecule has 6 heteroatoms. The van der Waals surface area contributed by atoms with Crippen molar-refractivity contribution in [1.29, 1.82) is 0 Å². The highest BCUT2D eigenvalue weighted by Crippen LogP contribution is 2.19. The zero-order valence-corrected chi connectivity index (χ0v) is 11.4. The number of carboxylic acid groups (broad SMARTS) is 1. The number of pyridine rings is 1. The molecular formula is C14H18N2O4. The van der Waals surface area contributed by atoms with Crippen LogP contribution in [0.4, 0.5) is 0 Å². The average molecular weight is 278 g/mol. The number of nitrogens with zero attached hydrogens (tertiary/aromatic N) is 2. The van der Waals surface area contributed by atoms with Gasteiger partial charge in [-0.15, -0.1) is 0 Å². The third-order valence-electron chi connectivity index (χ3n) is 3.37. The summed E-state index contributed by atoms with van der Waals surface area (Å²) < 4.78 is 5.51. The molecular weight excluding hydrogens is 260 g/mol. The second-order valence-electron chi connectivity index (χ2n) is 4.83. The van der Waals surface area contributed by atoms with E-state index in [1.807, 2.05) is 0 Å². The zero-order valence-electron chi connectivity index (χ0n) is 11.4. The second-order valence-corrected chi connectivity index (χ2v) is 4.83. The number of amides is 1. The van der Waals surface area contributed by atoms with E-state index in [1.165, 1.54) is 11.1 Å². The van der Waals surface area contributed by atoms with E-state index < -0.39 is 18.1 Å². The number of carbonyl (C=O) groups excluding carboxylic acids is 1. The van der Waals surface area contributed by atoms with E-state index in [-0.39, 0.29) is 5.91 Å². The molecule has 2 atom stereocenters. The number of hydrogen-bond acceptors (Lipinski definition) is 4. The number of carbonyl (C=O) groups is 2. The summed E-state index contributed by atoms with van der Waals surface area (Å²) in [5.74, 6) is -0.746. The van der Waals surface area contributed by atoms with Crippen LogP contribution in [0.25, 0.3) is 0 Å². The summed E-state index contributed by atoms with van der Waals surface area (Å²) in [7, 11) is 0. The van der Waals surface area contributed by atoms with Gasteiger partial charge >= 0.3 is 5.97 Å². The van der Waals surface area contributed by atoms with Crippen molar-refractivity contribution in [2.75, 3.05) is 6.54 Å². The third-order valence-corrected chi connectivity index (χ3v) is 3.37. The number of aliphatic carboxylic acids is 1. The molecule has 1 aliphatic heterocycles. The van der Waals surface area contributed by atoms with Crippen molar-refractivity contribution in [3.8, 4) is 5.75 Å². The Balaban J connectivity index is 2.03. The van der Waals surface area contributed by atoms with Crippen molar-refractivity contribution in [1.82, 2.24) is 9.88 Å². The van der Waals surface area contributed by atoms with E-state index in [4.69, 9.17) is 4.74 Å². The summed E-state index contributed by atoms with van der Waals surface area (Å²) >= 11 is 0. The Hall–Kier alpha value is -2.11. The molecule has 1 N–H and O–H groups in total. The first-order chi connectivity index (χ1) is 9.59. The highest BCUT2D eigenvalue weighted by atomic mass is 16.5. The van der Waals surface area contributed by atoms with Crippen LogP contribution < -0.4 is 4.74 Å². The first kappa shape index (κ1) is 14.3. The van der Waals surface area contributed by atoms with Gasteiger partial charge in [0.25, 0.3) is 5.91 Å². The number of aromatic nitrogens is 1. The molecule has 0 saturated carbocycles. The molecule has 0 radical (unpaired) electrons. The predicted molar refractivity (Wildman–Crippen MR) is 71.3 cm³/mol. The summed E-state index contributed by atoms with van der Waals surface area (Å²) in [4.78, 5) is 28.9. The predicted octanol–water partition coefficient (Wildman–Crippen LogP) is 1.31. The fraction of sp³-hybridized carbons (Fsp3) is 0.500. The Morgan fingerprint density at radius 1 is 1.50 bits per heavy atom. The van der Waals surface area contributed by atoms with Gasteiger partial charge in [-0.25, -0.2) is 4.79 Å². The van der Waals surface area contributed by atoms with Gasteiger partial charge in [-0.2, -0.15) is 0 Å². The molecule has 0 aromatic carbocycles. The minimum Gasteiger partial charge on any atom is -0.480 e. The molecule has 0 aliphatic carbocycles. The lowest BCUT2D eigenvalue weighted by Gasteiger charge is -2.34. The van der Waals surface area contributed by atoms with Crippen molar-refractivity contribution in [2.45, 2.75) is 38.3 Å². The molecule has 1 saturated heterocycles. The van der Waals surface area contributed by atoms with Gasteiger partial charge in [-0.3, -0.25) is 9.78 Å². The monoisotopic (exact) mass is 278 g/mol. The van der Waals surface area contributed by atoms with Gasteiger partial charge in [-0.1, -0.05) is 0 Å². The fourth-order valence-electron chi connectivity index (χ4n) is 2.36. The van der Waals surface area contributed by atoms with Crippen molar-refractivity contribution >= 4 is 11.9 Å². The van der Waals surface area contributed by atoms with Gasteiger partial charge in [0.05, 0.1) is 6.20 Å². The Kier molecular flexibility index (Phi) is 4.55. The van der Waals surface area contributed by atoms with Gasteiger partial charge in [0, 0.05) is 12.7 Å². The number of hydrogen-bond donors (Lipinski definition) is 1. The molecule has 0 bridgehead atoms. The standard InChI is InChI=1S/C14H18N2O4/c1-10(20-11-5-4-7-15-9-11)13(17)16-8-3-2-6-12(16)14(18)19/h4-5,7,9-10,12H,2-3,6,8H2,1H3,(H,18,19). The lowest BCUT2D eigenvalue weighted by atomic mass is 10.0. The Bertz CT molecular complexity index is 477. The normalized spacial score (nSPS) is 20.2. The van der Waals surface area contributed by atoms with Crippen LogP contribution in [0.5, 0.6) is 5.75 Å². The Morgan fingerprint density at radius 2 is 2.30 bits per heavy atom. The van der Waals surface area contributed by atoms with Crippen molar-refractivity contribution < 1.29 is 19.4 Å². The first-order valence-electron chi connectivity index (χ1n) is 6.69. The maximum absolute atomic E-state index is 12.3. The van der Waals surface area contributed by atoms with Crippen LogP contribution in [0, 0.1) is 0 Å². The zero-order chi connectivity index (χ0) is 14.5. The largest absolute Gasteiger partial charge is 0.480 e. The summed E-state index contributed by atoms with van der Waals surface area (Å²) in [6.07, 6.45) is 4.58. The third kappa shape index (κ3) is 3.26. The maximum Gasteiger partial charge on any atom is 0.326 e. The molecule has 20 heavy (non-hydrogen) atoms. The van der Waals surface area contributed by atoms with Gasteiger partial charge in [0.2, 0.25) is 0 Å². The molecule has 108 valence electrons. The van der Waals surface area contributed by atoms with Crippen LogP contribution in [0.15, 0.2) is 24.5 Å². The average Bonchev–Trinajstić information content (AvgIpc) is 2.47. The summed E-state index contributed by atoms with van der Waals surface area (Å²) in [6.45, 7) is 2.10. The summed E-state index contributed by atoms with van der Waals surface area (Å²) in [5, 5.41) is 9.18. The number of likely N-dealkylation sites (tertiary alicyclic amines) is 1. The number of rotatable bonds is 4. The molecule has 1 aliphatic rings. The van der Waals surface area contributed by atoms with E-state index in [2.05, 4.69) is 4.98 Å². The first-order valence-corrected chi connectivity index (χ1v) is 6.69. The van der Waals surface area contributed by atoms with Crippen molar-refractivity contribution in [3.05, 3.63) is 24.5 Å². The molecule has 2 heterocycles. The Morgan fingerprint density at radius 3 is 2.95 bits per heavy atom. The highest BCUT2D eigenvalue weighted by molar-refractivity contribution is 5.86. The molecule has 2 unspecified atom stereocenters. The van der Waals surface area contributed by atoms with E-state index in [9.17, 15) is 14.7 Å². The number of piperidine rings is 1. The van der Waals surface area contributed by atoms with Gasteiger partial charge < -0.3 is 14.7 Å². The molecule has 2 rings (SSSR count). The fourth-order valence-corrected chi connectivity index (χ4v) is 2.36. The second kappa shape index (κ2) is 6.36. The minimum atomic E-state index is -0.952. The van der Waals surface area contributed by atoms with Crippen LogP contribution >= 0.6 is 0 Å². The van der Waals surface area contributed by atoms with E-state index in [0.717, 1.165) is 12.8 Å². The molecule has 1 fully saturated rings. The van der Waals surface area contributed by atoms with Gasteiger partial charge in [-0.05, 0) is 38.3 Å². The molecule has 1 aromatic heterocycles. The van der Waals surface area contributed by atoms with Crippen LogP contribution in [0.1, 0.15) is 26.2 Å². The van der Waals surface area contributed by atoms with Crippen LogP contribution in [0.3, 0.4) is 0 Å². The smallest absolute Gasteiger partial charge is 0.326 e.